The van der Waals surface area contributed by atoms with Crippen LogP contribution < -0.4 is 9.80 Å². The number of aliphatic imine (C=N–C) groups is 1. The van der Waals surface area contributed by atoms with Gasteiger partial charge in [-0.3, -0.25) is 14.7 Å². The number of hydrogen-bond donors (Lipinski definition) is 1. The van der Waals surface area contributed by atoms with Crippen LogP contribution in [-0.4, -0.2) is 46.3 Å². The van der Waals surface area contributed by atoms with Gasteiger partial charge in [-0.2, -0.15) is 5.26 Å². The van der Waals surface area contributed by atoms with Crippen LogP contribution in [0.2, 0.25) is 0 Å². The highest BCUT2D eigenvalue weighted by Crippen LogP contribution is 2.35. The molecule has 1 atom stereocenters. The molecule has 4 rings (SSSR count). The van der Waals surface area contributed by atoms with Gasteiger partial charge in [-0.05, 0) is 24.0 Å². The van der Waals surface area contributed by atoms with Gasteiger partial charge in [-0.15, -0.1) is 0 Å². The average Bonchev–Trinajstić information content (AvgIpc) is 3.22. The summed E-state index contributed by atoms with van der Waals surface area (Å²) in [5.41, 5.74) is 1.81. The Kier molecular flexibility index (Phi) is 6.14. The number of carbonyl (C=O) groups excluding carboxylic acids is 1. The van der Waals surface area contributed by atoms with Gasteiger partial charge in [0, 0.05) is 26.2 Å². The number of fused-ring (bicyclic) bond motifs is 1. The van der Waals surface area contributed by atoms with Crippen LogP contribution in [0.25, 0.3) is 11.0 Å². The Morgan fingerprint density at radius 2 is 2.09 bits per heavy atom. The van der Waals surface area contributed by atoms with Crippen LogP contribution in [0, 0.1) is 16.7 Å². The van der Waals surface area contributed by atoms with Gasteiger partial charge in [-0.25, -0.2) is 9.97 Å². The van der Waals surface area contributed by atoms with E-state index >= 15 is 0 Å². The first-order chi connectivity index (χ1) is 15.9. The number of benzene rings is 1. The molecule has 0 saturated carbocycles. The van der Waals surface area contributed by atoms with E-state index in [4.69, 9.17) is 0 Å². The number of nitriles is 1. The molecule has 1 aliphatic rings. The van der Waals surface area contributed by atoms with Crippen molar-refractivity contribution in [1.29, 1.82) is 5.26 Å². The van der Waals surface area contributed by atoms with Crippen molar-refractivity contribution in [2.75, 3.05) is 23.4 Å². The number of para-hydroxylation sites is 1. The molecule has 1 unspecified atom stereocenters. The Morgan fingerprint density at radius 1 is 1.33 bits per heavy atom. The third kappa shape index (κ3) is 4.19. The van der Waals surface area contributed by atoms with E-state index in [1.165, 1.54) is 6.33 Å². The molecule has 1 saturated heterocycles. The number of amidine groups is 1. The average molecular weight is 444 g/mol. The SMILES string of the molecule is CCC(C)(C)CC(=O)N(C(=NC)C1CCN1c1ncnc2[nH]cc(C#N)c12)c1ccccc1. The van der Waals surface area contributed by atoms with E-state index in [1.807, 2.05) is 30.3 Å². The Morgan fingerprint density at radius 3 is 2.70 bits per heavy atom. The van der Waals surface area contributed by atoms with E-state index < -0.39 is 0 Å². The number of aromatic amines is 1. The molecule has 2 aromatic heterocycles. The van der Waals surface area contributed by atoms with Crippen molar-refractivity contribution in [3.8, 4) is 6.07 Å². The molecule has 1 fully saturated rings. The molecule has 3 aromatic rings. The minimum atomic E-state index is -0.136. The second-order valence-electron chi connectivity index (χ2n) is 9.07. The summed E-state index contributed by atoms with van der Waals surface area (Å²) in [6.07, 6.45) is 5.30. The number of hydrogen-bond acceptors (Lipinski definition) is 6. The van der Waals surface area contributed by atoms with Gasteiger partial charge in [0.1, 0.15) is 29.7 Å². The zero-order chi connectivity index (χ0) is 23.6. The van der Waals surface area contributed by atoms with Crippen molar-refractivity contribution < 1.29 is 4.79 Å². The molecule has 0 radical (unpaired) electrons. The summed E-state index contributed by atoms with van der Waals surface area (Å²) in [6.45, 7) is 7.08. The van der Waals surface area contributed by atoms with Gasteiger partial charge < -0.3 is 9.88 Å². The summed E-state index contributed by atoms with van der Waals surface area (Å²) in [4.78, 5) is 33.9. The molecule has 0 bridgehead atoms. The molecular formula is C25H29N7O. The van der Waals surface area contributed by atoms with E-state index in [1.54, 1.807) is 18.1 Å². The summed E-state index contributed by atoms with van der Waals surface area (Å²) < 4.78 is 0. The van der Waals surface area contributed by atoms with Gasteiger partial charge >= 0.3 is 0 Å². The minimum absolute atomic E-state index is 0.0210. The third-order valence-electron chi connectivity index (χ3n) is 6.47. The molecule has 3 heterocycles. The number of nitrogens with zero attached hydrogens (tertiary/aromatic N) is 6. The molecule has 1 N–H and O–H groups in total. The van der Waals surface area contributed by atoms with Gasteiger partial charge in [0.05, 0.1) is 22.7 Å². The van der Waals surface area contributed by atoms with E-state index in [0.29, 0.717) is 34.7 Å². The van der Waals surface area contributed by atoms with Crippen molar-refractivity contribution >= 4 is 34.3 Å². The van der Waals surface area contributed by atoms with Crippen LogP contribution in [0.1, 0.15) is 45.6 Å². The Labute approximate surface area is 194 Å². The number of amides is 1. The first kappa shape index (κ1) is 22.5. The van der Waals surface area contributed by atoms with Crippen LogP contribution in [0.3, 0.4) is 0 Å². The highest BCUT2D eigenvalue weighted by molar-refractivity contribution is 6.20. The normalized spacial score (nSPS) is 16.4. The smallest absolute Gasteiger partial charge is 0.233 e. The molecule has 1 aliphatic heterocycles. The van der Waals surface area contributed by atoms with Gasteiger partial charge in [0.15, 0.2) is 0 Å². The van der Waals surface area contributed by atoms with Crippen LogP contribution in [0.4, 0.5) is 11.5 Å². The predicted molar refractivity (Wildman–Crippen MR) is 130 cm³/mol. The maximum atomic E-state index is 13.6. The van der Waals surface area contributed by atoms with Crippen molar-refractivity contribution in [1.82, 2.24) is 15.0 Å². The second kappa shape index (κ2) is 9.02. The Hall–Kier alpha value is -3.73. The maximum absolute atomic E-state index is 13.6. The first-order valence-corrected chi connectivity index (χ1v) is 11.2. The molecule has 8 heteroatoms. The lowest BCUT2D eigenvalue weighted by atomic mass is 9.85. The lowest BCUT2D eigenvalue weighted by Gasteiger charge is -2.45. The lowest BCUT2D eigenvalue weighted by Crippen LogP contribution is -2.59. The highest BCUT2D eigenvalue weighted by Gasteiger charge is 2.40. The van der Waals surface area contributed by atoms with E-state index in [9.17, 15) is 10.1 Å². The summed E-state index contributed by atoms with van der Waals surface area (Å²) >= 11 is 0. The summed E-state index contributed by atoms with van der Waals surface area (Å²) in [6, 6.07) is 11.8. The minimum Gasteiger partial charge on any atom is -0.346 e. The van der Waals surface area contributed by atoms with Gasteiger partial charge in [-0.1, -0.05) is 45.4 Å². The molecule has 8 nitrogen and oxygen atoms in total. The molecule has 0 aliphatic carbocycles. The van der Waals surface area contributed by atoms with E-state index in [0.717, 1.165) is 25.1 Å². The first-order valence-electron chi connectivity index (χ1n) is 11.2. The topological polar surface area (TPSA) is 101 Å². The standard InChI is InChI=1S/C25H29N7O/c1-5-25(2,3)13-20(33)32(18-9-7-6-8-10-18)23(27-4)19-11-12-31(19)24-21-17(14-26)15-28-22(21)29-16-30-24/h6-10,15-16,19H,5,11-13H2,1-4H3,(H,28,29,30). The molecular weight excluding hydrogens is 414 g/mol. The fourth-order valence-electron chi connectivity index (χ4n) is 4.15. The highest BCUT2D eigenvalue weighted by atomic mass is 16.2. The summed E-state index contributed by atoms with van der Waals surface area (Å²) in [5, 5.41) is 10.3. The number of anilines is 2. The van der Waals surface area contributed by atoms with Crippen molar-refractivity contribution in [3.05, 3.63) is 48.4 Å². The number of carbonyl (C=O) groups is 1. The lowest BCUT2D eigenvalue weighted by molar-refractivity contribution is -0.119. The van der Waals surface area contributed by atoms with Crippen LogP contribution >= 0.6 is 0 Å². The Balaban J connectivity index is 1.73. The number of aromatic nitrogens is 3. The summed E-state index contributed by atoms with van der Waals surface area (Å²) in [7, 11) is 1.73. The molecule has 33 heavy (non-hydrogen) atoms. The van der Waals surface area contributed by atoms with E-state index in [-0.39, 0.29) is 17.4 Å². The predicted octanol–water partition coefficient (Wildman–Crippen LogP) is 4.30. The third-order valence-corrected chi connectivity index (χ3v) is 6.47. The number of nitrogens with one attached hydrogen (secondary N) is 1. The van der Waals surface area contributed by atoms with Crippen LogP contribution in [0.5, 0.6) is 0 Å². The van der Waals surface area contributed by atoms with E-state index in [2.05, 4.69) is 51.7 Å². The fourth-order valence-corrected chi connectivity index (χ4v) is 4.15. The largest absolute Gasteiger partial charge is 0.346 e. The number of H-pyrrole nitrogens is 1. The zero-order valence-electron chi connectivity index (χ0n) is 19.5. The maximum Gasteiger partial charge on any atom is 0.233 e. The quantitative estimate of drug-likeness (QED) is 0.452. The van der Waals surface area contributed by atoms with Crippen LogP contribution in [-0.2, 0) is 4.79 Å². The zero-order valence-corrected chi connectivity index (χ0v) is 19.5. The molecule has 1 amide bonds. The van der Waals surface area contributed by atoms with Gasteiger partial charge in [0.25, 0.3) is 0 Å². The van der Waals surface area contributed by atoms with Crippen molar-refractivity contribution in [2.45, 2.75) is 46.1 Å². The van der Waals surface area contributed by atoms with Crippen molar-refractivity contribution in [2.24, 2.45) is 10.4 Å². The number of rotatable bonds is 6. The molecule has 0 spiro atoms. The monoisotopic (exact) mass is 443 g/mol. The molecule has 170 valence electrons. The fraction of sp³-hybridized carbons (Fsp3) is 0.400. The van der Waals surface area contributed by atoms with Crippen molar-refractivity contribution in [3.63, 3.8) is 0 Å². The van der Waals surface area contributed by atoms with Gasteiger partial charge in [0.2, 0.25) is 5.91 Å². The Bertz CT molecular complexity index is 1220. The summed E-state index contributed by atoms with van der Waals surface area (Å²) in [5.74, 6) is 1.39. The second-order valence-corrected chi connectivity index (χ2v) is 9.07. The molecule has 1 aromatic carbocycles. The van der Waals surface area contributed by atoms with Crippen LogP contribution in [0.15, 0.2) is 47.8 Å².